The van der Waals surface area contributed by atoms with E-state index in [0.29, 0.717) is 13.1 Å². The molecule has 9 nitrogen and oxygen atoms in total. The minimum Gasteiger partial charge on any atom is -0.468 e. The number of sulfonamides is 1. The molecule has 1 fully saturated rings. The molecule has 10 heteroatoms. The number of ether oxygens (including phenoxy) is 2. The minimum atomic E-state index is -3.72. The molecular weight excluding hydrogens is 388 g/mol. The van der Waals surface area contributed by atoms with Gasteiger partial charge in [-0.2, -0.15) is 4.31 Å². The van der Waals surface area contributed by atoms with Crippen LogP contribution in [0.3, 0.4) is 0 Å². The van der Waals surface area contributed by atoms with Crippen LogP contribution in [0.5, 0.6) is 0 Å². The summed E-state index contributed by atoms with van der Waals surface area (Å²) in [5.74, 6) is -2.10. The summed E-state index contributed by atoms with van der Waals surface area (Å²) in [5.41, 5.74) is 0.0471. The Morgan fingerprint density at radius 1 is 1.00 bits per heavy atom. The Morgan fingerprint density at radius 2 is 1.57 bits per heavy atom. The van der Waals surface area contributed by atoms with E-state index in [4.69, 9.17) is 0 Å². The lowest BCUT2D eigenvalue weighted by Gasteiger charge is -2.26. The monoisotopic (exact) mass is 412 g/mol. The van der Waals surface area contributed by atoms with Crippen molar-refractivity contribution in [1.29, 1.82) is 0 Å². The number of carbonyl (C=O) groups excluding carboxylic acids is 3. The molecule has 1 aromatic carbocycles. The Labute approximate surface area is 164 Å². The predicted octanol–water partition coefficient (Wildman–Crippen LogP) is 0.649. The van der Waals surface area contributed by atoms with E-state index in [1.807, 2.05) is 0 Å². The van der Waals surface area contributed by atoms with Crippen LogP contribution < -0.4 is 0 Å². The first-order valence-corrected chi connectivity index (χ1v) is 10.3. The molecule has 0 bridgehead atoms. The average Bonchev–Trinajstić information content (AvgIpc) is 2.73. The van der Waals surface area contributed by atoms with E-state index >= 15 is 0 Å². The molecule has 0 aliphatic carbocycles. The number of amides is 1. The van der Waals surface area contributed by atoms with E-state index in [1.54, 1.807) is 0 Å². The van der Waals surface area contributed by atoms with Crippen LogP contribution in [-0.4, -0.2) is 75.9 Å². The average molecular weight is 412 g/mol. The number of methoxy groups -OCH3 is 2. The summed E-state index contributed by atoms with van der Waals surface area (Å²) < 4.78 is 36.2. The van der Waals surface area contributed by atoms with Gasteiger partial charge in [-0.25, -0.2) is 8.42 Å². The number of nitrogens with zero attached hydrogens (tertiary/aromatic N) is 2. The SMILES string of the molecule is COC(=O)CN(CC(=O)OC)C(=O)c1cccc(S(=O)(=O)N2CCCCC2)c1. The fourth-order valence-corrected chi connectivity index (χ4v) is 4.43. The van der Waals surface area contributed by atoms with E-state index in [-0.39, 0.29) is 10.5 Å². The third-order valence-electron chi connectivity index (χ3n) is 4.42. The van der Waals surface area contributed by atoms with Crippen LogP contribution in [0.25, 0.3) is 0 Å². The highest BCUT2D eigenvalue weighted by atomic mass is 32.2. The molecule has 1 aliphatic heterocycles. The van der Waals surface area contributed by atoms with Crippen molar-refractivity contribution in [1.82, 2.24) is 9.21 Å². The van der Waals surface area contributed by atoms with Crippen molar-refractivity contribution in [2.24, 2.45) is 0 Å². The lowest BCUT2D eigenvalue weighted by Crippen LogP contribution is -2.40. The maximum Gasteiger partial charge on any atom is 0.325 e. The second kappa shape index (κ2) is 9.65. The van der Waals surface area contributed by atoms with Gasteiger partial charge >= 0.3 is 11.9 Å². The van der Waals surface area contributed by atoms with Gasteiger partial charge in [-0.3, -0.25) is 14.4 Å². The zero-order chi connectivity index (χ0) is 20.7. The zero-order valence-corrected chi connectivity index (χ0v) is 16.7. The summed E-state index contributed by atoms with van der Waals surface area (Å²) in [7, 11) is -1.40. The number of esters is 2. The number of benzene rings is 1. The molecule has 1 amide bonds. The summed E-state index contributed by atoms with van der Waals surface area (Å²) >= 11 is 0. The number of carbonyl (C=O) groups is 3. The number of piperidine rings is 1. The van der Waals surface area contributed by atoms with Gasteiger partial charge in [0.15, 0.2) is 0 Å². The van der Waals surface area contributed by atoms with Gasteiger partial charge in [0.05, 0.1) is 19.1 Å². The van der Waals surface area contributed by atoms with Crippen molar-refractivity contribution in [3.05, 3.63) is 29.8 Å². The summed E-state index contributed by atoms with van der Waals surface area (Å²) in [6, 6.07) is 5.57. The molecule has 0 radical (unpaired) electrons. The van der Waals surface area contributed by atoms with Gasteiger partial charge in [0.2, 0.25) is 10.0 Å². The Kier molecular flexibility index (Phi) is 7.53. The fraction of sp³-hybridized carbons (Fsp3) is 0.500. The molecule has 2 rings (SSSR count). The Balaban J connectivity index is 2.29. The summed E-state index contributed by atoms with van der Waals surface area (Å²) in [6.45, 7) is -0.0459. The molecule has 0 unspecified atom stereocenters. The van der Waals surface area contributed by atoms with Crippen molar-refractivity contribution in [3.63, 3.8) is 0 Å². The Morgan fingerprint density at radius 3 is 2.11 bits per heavy atom. The molecule has 1 saturated heterocycles. The van der Waals surface area contributed by atoms with Crippen LogP contribution in [0, 0.1) is 0 Å². The first-order valence-electron chi connectivity index (χ1n) is 8.82. The van der Waals surface area contributed by atoms with Gasteiger partial charge in [-0.05, 0) is 31.0 Å². The van der Waals surface area contributed by atoms with E-state index < -0.39 is 41.0 Å². The third-order valence-corrected chi connectivity index (χ3v) is 6.31. The van der Waals surface area contributed by atoms with Crippen LogP contribution in [-0.2, 0) is 29.1 Å². The first kappa shape index (κ1) is 21.8. The van der Waals surface area contributed by atoms with Crippen LogP contribution in [0.15, 0.2) is 29.2 Å². The molecule has 1 aromatic rings. The highest BCUT2D eigenvalue weighted by molar-refractivity contribution is 7.89. The van der Waals surface area contributed by atoms with Gasteiger partial charge < -0.3 is 14.4 Å². The van der Waals surface area contributed by atoms with Crippen LogP contribution in [0.2, 0.25) is 0 Å². The Bertz CT molecular complexity index is 814. The van der Waals surface area contributed by atoms with Crippen molar-refractivity contribution in [3.8, 4) is 0 Å². The second-order valence-electron chi connectivity index (χ2n) is 6.31. The van der Waals surface area contributed by atoms with Crippen molar-refractivity contribution >= 4 is 27.9 Å². The van der Waals surface area contributed by atoms with E-state index in [9.17, 15) is 22.8 Å². The van der Waals surface area contributed by atoms with Gasteiger partial charge in [0.25, 0.3) is 5.91 Å². The van der Waals surface area contributed by atoms with E-state index in [0.717, 1.165) is 38.4 Å². The second-order valence-corrected chi connectivity index (χ2v) is 8.24. The van der Waals surface area contributed by atoms with Crippen LogP contribution in [0.4, 0.5) is 0 Å². The van der Waals surface area contributed by atoms with Crippen LogP contribution in [0.1, 0.15) is 29.6 Å². The van der Waals surface area contributed by atoms with E-state index in [1.165, 1.54) is 28.6 Å². The minimum absolute atomic E-state index is 0.00339. The summed E-state index contributed by atoms with van der Waals surface area (Å²) in [4.78, 5) is 36.9. The summed E-state index contributed by atoms with van der Waals surface area (Å²) in [6.07, 6.45) is 2.58. The van der Waals surface area contributed by atoms with Crippen molar-refractivity contribution in [2.75, 3.05) is 40.4 Å². The number of hydrogen-bond donors (Lipinski definition) is 0. The normalized spacial score (nSPS) is 14.9. The number of hydrogen-bond acceptors (Lipinski definition) is 7. The Hall–Kier alpha value is -2.46. The molecular formula is C18H24N2O7S. The quantitative estimate of drug-likeness (QED) is 0.605. The van der Waals surface area contributed by atoms with Gasteiger partial charge in [-0.1, -0.05) is 12.5 Å². The fourth-order valence-electron chi connectivity index (χ4n) is 2.87. The molecule has 0 saturated carbocycles. The van der Waals surface area contributed by atoms with Crippen molar-refractivity contribution < 1.29 is 32.3 Å². The molecule has 0 spiro atoms. The molecule has 28 heavy (non-hydrogen) atoms. The third kappa shape index (κ3) is 5.29. The highest BCUT2D eigenvalue weighted by Gasteiger charge is 2.28. The topological polar surface area (TPSA) is 110 Å². The van der Waals surface area contributed by atoms with Gasteiger partial charge in [0.1, 0.15) is 13.1 Å². The molecule has 1 heterocycles. The zero-order valence-electron chi connectivity index (χ0n) is 15.9. The smallest absolute Gasteiger partial charge is 0.325 e. The van der Waals surface area contributed by atoms with E-state index in [2.05, 4.69) is 9.47 Å². The van der Waals surface area contributed by atoms with Crippen molar-refractivity contribution in [2.45, 2.75) is 24.2 Å². The molecule has 1 aliphatic rings. The highest BCUT2D eigenvalue weighted by Crippen LogP contribution is 2.22. The number of rotatable bonds is 7. The maximum atomic E-state index is 12.8. The van der Waals surface area contributed by atoms with Gasteiger partial charge in [-0.15, -0.1) is 0 Å². The molecule has 0 aromatic heterocycles. The standard InChI is InChI=1S/C18H24N2O7S/c1-26-16(21)12-19(13-17(22)27-2)18(23)14-7-6-8-15(11-14)28(24,25)20-9-4-3-5-10-20/h6-8,11H,3-5,9-10,12-13H2,1-2H3. The van der Waals surface area contributed by atoms with Gasteiger partial charge in [0, 0.05) is 18.7 Å². The largest absolute Gasteiger partial charge is 0.468 e. The lowest BCUT2D eigenvalue weighted by molar-refractivity contribution is -0.144. The van der Waals surface area contributed by atoms with Crippen LogP contribution >= 0.6 is 0 Å². The molecule has 154 valence electrons. The first-order chi connectivity index (χ1) is 13.3. The lowest BCUT2D eigenvalue weighted by atomic mass is 10.2. The molecule has 0 N–H and O–H groups in total. The molecule has 0 atom stereocenters. The predicted molar refractivity (Wildman–Crippen MR) is 99.0 cm³/mol. The summed E-state index contributed by atoms with van der Waals surface area (Å²) in [5, 5.41) is 0. The maximum absolute atomic E-state index is 12.8.